The van der Waals surface area contributed by atoms with Gasteiger partial charge >= 0.3 is 5.69 Å². The number of hydrogen-bond donors (Lipinski definition) is 1. The number of thiophene rings is 1. The fourth-order valence-electron chi connectivity index (χ4n) is 2.95. The molecule has 3 aromatic rings. The van der Waals surface area contributed by atoms with E-state index in [1.54, 1.807) is 11.3 Å². The lowest BCUT2D eigenvalue weighted by Crippen LogP contribution is -2.42. The Morgan fingerprint density at radius 1 is 1.29 bits per heavy atom. The molecule has 8 nitrogen and oxygen atoms in total. The zero-order chi connectivity index (χ0) is 20.6. The second-order valence-corrected chi connectivity index (χ2v) is 8.58. The molecular formula is C18H21N5O3S2. The van der Waals surface area contributed by atoms with Gasteiger partial charge in [0.05, 0.1) is 5.75 Å². The summed E-state index contributed by atoms with van der Waals surface area (Å²) in [6, 6.07) is 0. The standard InChI is InChI=1S/C18H21N5O3S2/c1-5-6-23-14(19)13(17(25)22(4)18(23)26)11(24)7-27-15-12-9(2)10(3)28-16(12)21-8-20-15/h8H,5-7,19H2,1-4H3. The molecule has 3 rings (SSSR count). The van der Waals surface area contributed by atoms with Gasteiger partial charge in [-0.05, 0) is 25.8 Å². The molecule has 2 N–H and O–H groups in total. The van der Waals surface area contributed by atoms with Gasteiger partial charge in [0, 0.05) is 23.9 Å². The van der Waals surface area contributed by atoms with E-state index in [9.17, 15) is 14.4 Å². The Morgan fingerprint density at radius 3 is 2.68 bits per heavy atom. The maximum Gasteiger partial charge on any atom is 0.332 e. The summed E-state index contributed by atoms with van der Waals surface area (Å²) in [6.45, 7) is 6.24. The van der Waals surface area contributed by atoms with Crippen molar-refractivity contribution in [2.45, 2.75) is 38.8 Å². The third-order valence-electron chi connectivity index (χ3n) is 4.58. The molecule has 0 aliphatic heterocycles. The molecule has 3 aromatic heterocycles. The number of aryl methyl sites for hydroxylation is 2. The van der Waals surface area contributed by atoms with Crippen LogP contribution in [0.1, 0.15) is 34.1 Å². The molecule has 0 atom stereocenters. The number of hydrogen-bond acceptors (Lipinski definition) is 8. The molecule has 3 heterocycles. The van der Waals surface area contributed by atoms with Crippen LogP contribution < -0.4 is 17.0 Å². The Hall–Kier alpha value is -2.46. The van der Waals surface area contributed by atoms with Gasteiger partial charge in [-0.3, -0.25) is 18.7 Å². The van der Waals surface area contributed by atoms with Crippen LogP contribution in [0.25, 0.3) is 10.2 Å². The highest BCUT2D eigenvalue weighted by molar-refractivity contribution is 8.00. The van der Waals surface area contributed by atoms with Crippen molar-refractivity contribution in [1.29, 1.82) is 0 Å². The molecule has 148 valence electrons. The van der Waals surface area contributed by atoms with E-state index in [2.05, 4.69) is 9.97 Å². The van der Waals surface area contributed by atoms with Crippen molar-refractivity contribution in [3.05, 3.63) is 43.2 Å². The minimum atomic E-state index is -0.671. The maximum absolute atomic E-state index is 12.8. The van der Waals surface area contributed by atoms with E-state index in [0.717, 1.165) is 25.2 Å². The first-order valence-electron chi connectivity index (χ1n) is 8.73. The van der Waals surface area contributed by atoms with Crippen LogP contribution in [0, 0.1) is 13.8 Å². The Kier molecular flexibility index (Phi) is 5.71. The van der Waals surface area contributed by atoms with Gasteiger partial charge in [0.1, 0.15) is 27.6 Å². The summed E-state index contributed by atoms with van der Waals surface area (Å²) in [5, 5.41) is 1.62. The van der Waals surface area contributed by atoms with E-state index in [1.165, 1.54) is 29.7 Å². The molecule has 0 spiro atoms. The van der Waals surface area contributed by atoms with Crippen LogP contribution in [0.3, 0.4) is 0 Å². The average molecular weight is 420 g/mol. The van der Waals surface area contributed by atoms with E-state index < -0.39 is 17.0 Å². The minimum Gasteiger partial charge on any atom is -0.384 e. The molecule has 0 saturated carbocycles. The number of fused-ring (bicyclic) bond motifs is 1. The molecule has 0 aliphatic rings. The summed E-state index contributed by atoms with van der Waals surface area (Å²) in [5.74, 6) is -0.509. The largest absolute Gasteiger partial charge is 0.384 e. The van der Waals surface area contributed by atoms with Gasteiger partial charge in [-0.15, -0.1) is 11.3 Å². The SMILES string of the molecule is CCCn1c(N)c(C(=O)CSc2ncnc3sc(C)c(C)c23)c(=O)n(C)c1=O. The summed E-state index contributed by atoms with van der Waals surface area (Å²) in [4.78, 5) is 48.2. The predicted octanol–water partition coefficient (Wildman–Crippen LogP) is 2.14. The number of carbonyl (C=O) groups excluding carboxylic acids is 1. The fraction of sp³-hybridized carbons (Fsp3) is 0.389. The van der Waals surface area contributed by atoms with Crippen molar-refractivity contribution in [3.8, 4) is 0 Å². The Labute approximate surface area is 169 Å². The summed E-state index contributed by atoms with van der Waals surface area (Å²) < 4.78 is 2.20. The van der Waals surface area contributed by atoms with E-state index in [-0.39, 0.29) is 17.1 Å². The third-order valence-corrected chi connectivity index (χ3v) is 6.68. The van der Waals surface area contributed by atoms with Crippen LogP contribution in [0.5, 0.6) is 0 Å². The topological polar surface area (TPSA) is 113 Å². The summed E-state index contributed by atoms with van der Waals surface area (Å²) in [6.07, 6.45) is 2.12. The highest BCUT2D eigenvalue weighted by Gasteiger charge is 2.22. The second kappa shape index (κ2) is 7.88. The molecule has 0 amide bonds. The smallest absolute Gasteiger partial charge is 0.332 e. The van der Waals surface area contributed by atoms with Gasteiger partial charge in [-0.2, -0.15) is 0 Å². The normalized spacial score (nSPS) is 11.3. The second-order valence-electron chi connectivity index (χ2n) is 6.41. The van der Waals surface area contributed by atoms with Gasteiger partial charge in [0.2, 0.25) is 0 Å². The van der Waals surface area contributed by atoms with Crippen molar-refractivity contribution >= 4 is 44.9 Å². The number of nitrogens with two attached hydrogens (primary N) is 1. The lowest BCUT2D eigenvalue weighted by atomic mass is 10.2. The average Bonchev–Trinajstić information content (AvgIpc) is 2.96. The summed E-state index contributed by atoms with van der Waals surface area (Å²) in [7, 11) is 1.35. The van der Waals surface area contributed by atoms with Crippen molar-refractivity contribution in [2.24, 2.45) is 7.05 Å². The Bertz CT molecular complexity index is 1190. The van der Waals surface area contributed by atoms with Gasteiger partial charge in [0.15, 0.2) is 5.78 Å². The molecule has 0 radical (unpaired) electrons. The molecule has 10 heteroatoms. The number of thioether (sulfide) groups is 1. The fourth-order valence-corrected chi connectivity index (χ4v) is 4.94. The first-order valence-corrected chi connectivity index (χ1v) is 10.5. The molecule has 0 aliphatic carbocycles. The number of nitrogens with zero attached hydrogens (tertiary/aromatic N) is 4. The molecule has 28 heavy (non-hydrogen) atoms. The number of Topliss-reactive ketones (excluding diaryl/α,β-unsaturated/α-hetero) is 1. The Balaban J connectivity index is 1.97. The molecule has 0 bridgehead atoms. The number of nitrogen functional groups attached to an aromatic ring is 1. The molecule has 0 fully saturated rings. The number of rotatable bonds is 6. The van der Waals surface area contributed by atoms with Gasteiger partial charge in [-0.1, -0.05) is 18.7 Å². The molecule has 0 aromatic carbocycles. The minimum absolute atomic E-state index is 0.00971. The molecule has 0 unspecified atom stereocenters. The number of anilines is 1. The van der Waals surface area contributed by atoms with Crippen LogP contribution in [0.4, 0.5) is 5.82 Å². The summed E-state index contributed by atoms with van der Waals surface area (Å²) >= 11 is 2.82. The van der Waals surface area contributed by atoms with Crippen LogP contribution >= 0.6 is 23.1 Å². The number of ketones is 1. The van der Waals surface area contributed by atoms with Gasteiger partial charge in [0.25, 0.3) is 5.56 Å². The molecular weight excluding hydrogens is 398 g/mol. The highest BCUT2D eigenvalue weighted by Crippen LogP contribution is 2.34. The lowest BCUT2D eigenvalue weighted by Gasteiger charge is -2.13. The summed E-state index contributed by atoms with van der Waals surface area (Å²) in [5.41, 5.74) is 5.77. The van der Waals surface area contributed by atoms with Gasteiger partial charge < -0.3 is 5.73 Å². The highest BCUT2D eigenvalue weighted by atomic mass is 32.2. The lowest BCUT2D eigenvalue weighted by molar-refractivity contribution is 0.102. The van der Waals surface area contributed by atoms with Crippen LogP contribution in [-0.4, -0.2) is 30.6 Å². The monoisotopic (exact) mass is 419 g/mol. The first-order chi connectivity index (χ1) is 13.3. The van der Waals surface area contributed by atoms with Crippen LogP contribution in [0.2, 0.25) is 0 Å². The van der Waals surface area contributed by atoms with Crippen molar-refractivity contribution in [1.82, 2.24) is 19.1 Å². The van der Waals surface area contributed by atoms with Crippen molar-refractivity contribution in [2.75, 3.05) is 11.5 Å². The van der Waals surface area contributed by atoms with E-state index >= 15 is 0 Å². The van der Waals surface area contributed by atoms with Crippen molar-refractivity contribution in [3.63, 3.8) is 0 Å². The third kappa shape index (κ3) is 3.37. The zero-order valence-electron chi connectivity index (χ0n) is 16.1. The number of carbonyl (C=O) groups is 1. The van der Waals surface area contributed by atoms with E-state index in [0.29, 0.717) is 18.0 Å². The van der Waals surface area contributed by atoms with E-state index in [4.69, 9.17) is 5.73 Å². The number of aromatic nitrogens is 4. The van der Waals surface area contributed by atoms with Crippen molar-refractivity contribution < 1.29 is 4.79 Å². The first kappa shape index (κ1) is 20.3. The molecule has 0 saturated heterocycles. The maximum atomic E-state index is 12.8. The van der Waals surface area contributed by atoms with Gasteiger partial charge in [-0.25, -0.2) is 14.8 Å². The van der Waals surface area contributed by atoms with Crippen LogP contribution in [0.15, 0.2) is 20.9 Å². The predicted molar refractivity (Wildman–Crippen MR) is 113 cm³/mol. The Morgan fingerprint density at radius 2 is 2.00 bits per heavy atom. The quantitative estimate of drug-likeness (QED) is 0.370. The zero-order valence-corrected chi connectivity index (χ0v) is 17.7. The van der Waals surface area contributed by atoms with E-state index in [1.807, 2.05) is 20.8 Å². The van der Waals surface area contributed by atoms with Crippen LogP contribution in [-0.2, 0) is 13.6 Å².